The predicted octanol–water partition coefficient (Wildman–Crippen LogP) is 2.76. The van der Waals surface area contributed by atoms with Crippen molar-refractivity contribution in [2.75, 3.05) is 23.3 Å². The highest BCUT2D eigenvalue weighted by molar-refractivity contribution is 5.74. The zero-order chi connectivity index (χ0) is 16.2. The number of hydrogen-bond donors (Lipinski definition) is 1. The summed E-state index contributed by atoms with van der Waals surface area (Å²) in [6.45, 7) is 3.69. The Morgan fingerprint density at radius 3 is 3.00 bits per heavy atom. The van der Waals surface area contributed by atoms with E-state index in [-0.39, 0.29) is 11.5 Å². The Morgan fingerprint density at radius 2 is 2.30 bits per heavy atom. The van der Waals surface area contributed by atoms with Crippen molar-refractivity contribution in [3.05, 3.63) is 41.0 Å². The molecular formula is C15H18N6O2. The molecule has 8 nitrogen and oxygen atoms in total. The molecule has 8 heteroatoms. The number of nitrogens with zero attached hydrogens (tertiary/aromatic N) is 5. The zero-order valence-corrected chi connectivity index (χ0v) is 12.8. The van der Waals surface area contributed by atoms with E-state index in [1.807, 2.05) is 4.90 Å². The maximum atomic E-state index is 11.6. The third-order valence-corrected chi connectivity index (χ3v) is 3.87. The van der Waals surface area contributed by atoms with Gasteiger partial charge in [0.15, 0.2) is 0 Å². The lowest BCUT2D eigenvalue weighted by molar-refractivity contribution is -0.383. The van der Waals surface area contributed by atoms with Crippen LogP contribution in [0.5, 0.6) is 0 Å². The van der Waals surface area contributed by atoms with E-state index in [2.05, 4.69) is 27.2 Å². The van der Waals surface area contributed by atoms with Gasteiger partial charge in [-0.3, -0.25) is 15.1 Å². The molecule has 2 aromatic rings. The highest BCUT2D eigenvalue weighted by Crippen LogP contribution is 2.35. The van der Waals surface area contributed by atoms with E-state index in [4.69, 9.17) is 0 Å². The number of hydrogen-bond acceptors (Lipinski definition) is 7. The molecule has 0 bridgehead atoms. The molecule has 1 fully saturated rings. The SMILES string of the molecule is CC1CCCN(c2ncnc(Nc3cccnc3)c2[N+](=O)[O-])C1. The first-order valence-corrected chi connectivity index (χ1v) is 7.56. The van der Waals surface area contributed by atoms with Crippen LogP contribution < -0.4 is 10.2 Å². The van der Waals surface area contributed by atoms with E-state index >= 15 is 0 Å². The van der Waals surface area contributed by atoms with E-state index in [1.165, 1.54) is 6.33 Å². The normalized spacial score (nSPS) is 17.8. The first-order valence-electron chi connectivity index (χ1n) is 7.56. The summed E-state index contributed by atoms with van der Waals surface area (Å²) in [7, 11) is 0. The lowest BCUT2D eigenvalue weighted by atomic mass is 10.0. The number of aromatic nitrogens is 3. The molecule has 0 aromatic carbocycles. The first-order chi connectivity index (χ1) is 11.1. The van der Waals surface area contributed by atoms with Crippen molar-refractivity contribution < 1.29 is 4.92 Å². The Balaban J connectivity index is 1.97. The molecule has 3 heterocycles. The minimum absolute atomic E-state index is 0.0922. The van der Waals surface area contributed by atoms with Gasteiger partial charge in [0.2, 0.25) is 11.6 Å². The molecule has 23 heavy (non-hydrogen) atoms. The molecule has 0 amide bonds. The predicted molar refractivity (Wildman–Crippen MR) is 86.8 cm³/mol. The van der Waals surface area contributed by atoms with Crippen LogP contribution in [-0.4, -0.2) is 33.0 Å². The molecule has 1 N–H and O–H groups in total. The zero-order valence-electron chi connectivity index (χ0n) is 12.8. The van der Waals surface area contributed by atoms with Gasteiger partial charge < -0.3 is 10.2 Å². The van der Waals surface area contributed by atoms with Crippen LogP contribution in [0.1, 0.15) is 19.8 Å². The summed E-state index contributed by atoms with van der Waals surface area (Å²) in [5, 5.41) is 14.6. The summed E-state index contributed by atoms with van der Waals surface area (Å²) in [5.41, 5.74) is 0.553. The van der Waals surface area contributed by atoms with Gasteiger partial charge in [0.05, 0.1) is 16.8 Å². The van der Waals surface area contributed by atoms with Crippen LogP contribution in [0.2, 0.25) is 0 Å². The Morgan fingerprint density at radius 1 is 1.43 bits per heavy atom. The minimum Gasteiger partial charge on any atom is -0.350 e. The van der Waals surface area contributed by atoms with Gasteiger partial charge in [-0.15, -0.1) is 0 Å². The standard InChI is InChI=1S/C15H18N6O2/c1-11-4-3-7-20(9-11)15-13(21(22)23)14(17-10-18-15)19-12-5-2-6-16-8-12/h2,5-6,8,10-11H,3-4,7,9H2,1H3,(H,17,18,19). The number of pyridine rings is 1. The molecule has 1 aliphatic heterocycles. The maximum absolute atomic E-state index is 11.6. The maximum Gasteiger partial charge on any atom is 0.353 e. The van der Waals surface area contributed by atoms with E-state index in [0.717, 1.165) is 25.9 Å². The van der Waals surface area contributed by atoms with Crippen molar-refractivity contribution in [2.24, 2.45) is 5.92 Å². The van der Waals surface area contributed by atoms with Gasteiger partial charge in [-0.1, -0.05) is 6.92 Å². The van der Waals surface area contributed by atoms with Crippen LogP contribution >= 0.6 is 0 Å². The van der Waals surface area contributed by atoms with Crippen LogP contribution in [0.15, 0.2) is 30.9 Å². The topological polar surface area (TPSA) is 97.1 Å². The minimum atomic E-state index is -0.423. The number of nitro groups is 1. The van der Waals surface area contributed by atoms with E-state index in [1.54, 1.807) is 24.5 Å². The summed E-state index contributed by atoms with van der Waals surface area (Å²) in [6.07, 6.45) is 6.73. The average molecular weight is 314 g/mol. The third-order valence-electron chi connectivity index (χ3n) is 3.87. The Labute approximate surface area is 133 Å². The van der Waals surface area contributed by atoms with Crippen LogP contribution in [0.3, 0.4) is 0 Å². The Hall–Kier alpha value is -2.77. The fourth-order valence-corrected chi connectivity index (χ4v) is 2.82. The van der Waals surface area contributed by atoms with E-state index < -0.39 is 4.92 Å². The van der Waals surface area contributed by atoms with Gasteiger partial charge in [-0.2, -0.15) is 0 Å². The van der Waals surface area contributed by atoms with Crippen LogP contribution in [0.4, 0.5) is 23.0 Å². The van der Waals surface area contributed by atoms with Crippen LogP contribution in [0.25, 0.3) is 0 Å². The Bertz CT molecular complexity index is 694. The summed E-state index contributed by atoms with van der Waals surface area (Å²) >= 11 is 0. The second-order valence-electron chi connectivity index (χ2n) is 5.71. The summed E-state index contributed by atoms with van der Waals surface area (Å²) in [5.74, 6) is 1.06. The fraction of sp³-hybridized carbons (Fsp3) is 0.400. The van der Waals surface area contributed by atoms with Crippen molar-refractivity contribution in [2.45, 2.75) is 19.8 Å². The average Bonchev–Trinajstić information content (AvgIpc) is 2.55. The molecule has 120 valence electrons. The molecule has 3 rings (SSSR count). The molecule has 1 saturated heterocycles. The number of nitrogens with one attached hydrogen (secondary N) is 1. The fourth-order valence-electron chi connectivity index (χ4n) is 2.82. The second-order valence-corrected chi connectivity index (χ2v) is 5.71. The van der Waals surface area contributed by atoms with Gasteiger partial charge in [0.1, 0.15) is 6.33 Å². The van der Waals surface area contributed by atoms with Gasteiger partial charge in [0, 0.05) is 19.3 Å². The summed E-state index contributed by atoms with van der Waals surface area (Å²) in [4.78, 5) is 25.4. The van der Waals surface area contributed by atoms with Gasteiger partial charge in [-0.25, -0.2) is 9.97 Å². The molecule has 1 aliphatic rings. The van der Waals surface area contributed by atoms with E-state index in [0.29, 0.717) is 17.4 Å². The van der Waals surface area contributed by atoms with Crippen molar-refractivity contribution in [3.63, 3.8) is 0 Å². The second kappa shape index (κ2) is 6.55. The van der Waals surface area contributed by atoms with Crippen LogP contribution in [0, 0.1) is 16.0 Å². The highest BCUT2D eigenvalue weighted by atomic mass is 16.6. The first kappa shape index (κ1) is 15.1. The molecule has 2 aromatic heterocycles. The van der Waals surface area contributed by atoms with Gasteiger partial charge >= 0.3 is 5.69 Å². The smallest absolute Gasteiger partial charge is 0.350 e. The van der Waals surface area contributed by atoms with Crippen molar-refractivity contribution in [3.8, 4) is 0 Å². The van der Waals surface area contributed by atoms with E-state index in [9.17, 15) is 10.1 Å². The molecule has 1 unspecified atom stereocenters. The lowest BCUT2D eigenvalue weighted by Crippen LogP contribution is -2.35. The highest BCUT2D eigenvalue weighted by Gasteiger charge is 2.29. The molecular weight excluding hydrogens is 296 g/mol. The molecule has 0 radical (unpaired) electrons. The monoisotopic (exact) mass is 314 g/mol. The molecule has 0 saturated carbocycles. The van der Waals surface area contributed by atoms with Crippen molar-refractivity contribution in [1.29, 1.82) is 0 Å². The number of rotatable bonds is 4. The summed E-state index contributed by atoms with van der Waals surface area (Å²) in [6, 6.07) is 3.53. The largest absolute Gasteiger partial charge is 0.353 e. The van der Waals surface area contributed by atoms with Crippen molar-refractivity contribution >= 4 is 23.0 Å². The summed E-state index contributed by atoms with van der Waals surface area (Å²) < 4.78 is 0. The third kappa shape index (κ3) is 3.36. The lowest BCUT2D eigenvalue weighted by Gasteiger charge is -2.31. The quantitative estimate of drug-likeness (QED) is 0.684. The van der Waals surface area contributed by atoms with Crippen molar-refractivity contribution in [1.82, 2.24) is 15.0 Å². The molecule has 0 aliphatic carbocycles. The van der Waals surface area contributed by atoms with Gasteiger partial charge in [-0.05, 0) is 30.9 Å². The number of anilines is 3. The number of piperidine rings is 1. The Kier molecular flexibility index (Phi) is 4.31. The van der Waals surface area contributed by atoms with Crippen LogP contribution in [-0.2, 0) is 0 Å². The molecule has 0 spiro atoms. The van der Waals surface area contributed by atoms with Gasteiger partial charge in [0.25, 0.3) is 0 Å². The molecule has 1 atom stereocenters.